The lowest BCUT2D eigenvalue weighted by Crippen LogP contribution is -1.99. The van der Waals surface area contributed by atoms with Gasteiger partial charge in [-0.1, -0.05) is 12.1 Å². The maximum absolute atomic E-state index is 10.9. The van der Waals surface area contributed by atoms with Gasteiger partial charge in [0.05, 0.1) is 6.42 Å². The lowest BCUT2D eigenvalue weighted by Gasteiger charge is -2.01. The number of Topliss-reactive ketones (excluding diaryl/α,β-unsaturated/α-hetero) is 1. The van der Waals surface area contributed by atoms with Crippen molar-refractivity contribution < 1.29 is 9.32 Å². The Morgan fingerprint density at radius 3 is 2.93 bits per heavy atom. The number of rotatable bonds is 3. The summed E-state index contributed by atoms with van der Waals surface area (Å²) < 4.78 is 5.04. The van der Waals surface area contributed by atoms with Gasteiger partial charge >= 0.3 is 0 Å². The summed E-state index contributed by atoms with van der Waals surface area (Å²) in [6, 6.07) is 0. The highest BCUT2D eigenvalue weighted by Crippen LogP contribution is 2.36. The van der Waals surface area contributed by atoms with E-state index in [1.54, 1.807) is 0 Å². The normalized spacial score (nSPS) is 25.7. The molecule has 0 bridgehead atoms. The molecule has 2 atom stereocenters. The summed E-state index contributed by atoms with van der Waals surface area (Å²) in [7, 11) is 0. The molecule has 0 saturated heterocycles. The van der Waals surface area contributed by atoms with Crippen LogP contribution in [0.25, 0.3) is 0 Å². The first kappa shape index (κ1) is 10.3. The van der Waals surface area contributed by atoms with Crippen LogP contribution >= 0.6 is 0 Å². The van der Waals surface area contributed by atoms with Gasteiger partial charge in [0.2, 0.25) is 5.89 Å². The van der Waals surface area contributed by atoms with Crippen LogP contribution in [0, 0.1) is 5.92 Å². The zero-order valence-electron chi connectivity index (χ0n) is 9.19. The number of carbonyl (C=O) groups is 1. The predicted octanol–water partition coefficient (Wildman–Crippen LogP) is 2.10. The van der Waals surface area contributed by atoms with Gasteiger partial charge in [-0.2, -0.15) is 4.98 Å². The molecule has 1 aromatic rings. The van der Waals surface area contributed by atoms with Crippen LogP contribution in [0.4, 0.5) is 0 Å². The molecule has 0 aromatic carbocycles. The monoisotopic (exact) mass is 208 g/mol. The average Bonchev–Trinajstić information content (AvgIpc) is 2.72. The Morgan fingerprint density at radius 2 is 2.33 bits per heavy atom. The van der Waals surface area contributed by atoms with Gasteiger partial charge in [-0.25, -0.2) is 0 Å². The topological polar surface area (TPSA) is 56.0 Å². The van der Waals surface area contributed by atoms with Gasteiger partial charge < -0.3 is 4.52 Å². The van der Waals surface area contributed by atoms with Crippen molar-refractivity contribution in [3.05, 3.63) is 11.7 Å². The van der Waals surface area contributed by atoms with E-state index in [4.69, 9.17) is 4.52 Å². The third kappa shape index (κ3) is 2.43. The molecule has 1 aromatic heterocycles. The smallest absolute Gasteiger partial charge is 0.234 e. The third-order valence-electron chi connectivity index (χ3n) is 2.94. The first-order valence-corrected chi connectivity index (χ1v) is 5.47. The van der Waals surface area contributed by atoms with Crippen molar-refractivity contribution in [2.45, 2.75) is 45.4 Å². The highest BCUT2D eigenvalue weighted by molar-refractivity contribution is 5.77. The van der Waals surface area contributed by atoms with Gasteiger partial charge in [0.25, 0.3) is 0 Å². The minimum absolute atomic E-state index is 0.0602. The Labute approximate surface area is 89.1 Å². The Balaban J connectivity index is 2.03. The Hall–Kier alpha value is -1.19. The van der Waals surface area contributed by atoms with Crippen molar-refractivity contribution in [2.24, 2.45) is 5.92 Å². The number of hydrogen-bond donors (Lipinski definition) is 0. The fourth-order valence-electron chi connectivity index (χ4n) is 2.16. The SMILES string of the molecule is CC(=O)Cc1nc(C2CCC(C)C2)no1. The first-order chi connectivity index (χ1) is 7.15. The molecule has 1 saturated carbocycles. The van der Waals surface area contributed by atoms with Crippen molar-refractivity contribution in [3.8, 4) is 0 Å². The summed E-state index contributed by atoms with van der Waals surface area (Å²) in [5, 5.41) is 3.95. The molecule has 0 amide bonds. The minimum Gasteiger partial charge on any atom is -0.339 e. The summed E-state index contributed by atoms with van der Waals surface area (Å²) in [5.74, 6) is 2.49. The van der Waals surface area contributed by atoms with Crippen LogP contribution in [-0.4, -0.2) is 15.9 Å². The molecule has 2 rings (SSSR count). The Morgan fingerprint density at radius 1 is 1.53 bits per heavy atom. The summed E-state index contributed by atoms with van der Waals surface area (Å²) in [6.07, 6.45) is 3.77. The third-order valence-corrected chi connectivity index (χ3v) is 2.94. The van der Waals surface area contributed by atoms with Crippen LogP contribution in [0.1, 0.15) is 50.7 Å². The molecule has 4 nitrogen and oxygen atoms in total. The van der Waals surface area contributed by atoms with Crippen LogP contribution in [0.2, 0.25) is 0 Å². The van der Waals surface area contributed by atoms with Gasteiger partial charge in [0.1, 0.15) is 5.78 Å². The van der Waals surface area contributed by atoms with Crippen LogP contribution in [0.5, 0.6) is 0 Å². The molecule has 0 spiro atoms. The molecule has 15 heavy (non-hydrogen) atoms. The number of hydrogen-bond acceptors (Lipinski definition) is 4. The van der Waals surface area contributed by atoms with E-state index in [2.05, 4.69) is 17.1 Å². The summed E-state index contributed by atoms with van der Waals surface area (Å²) in [5.41, 5.74) is 0. The van der Waals surface area contributed by atoms with Crippen LogP contribution < -0.4 is 0 Å². The van der Waals surface area contributed by atoms with E-state index < -0.39 is 0 Å². The van der Waals surface area contributed by atoms with E-state index in [1.807, 2.05) is 0 Å². The van der Waals surface area contributed by atoms with Crippen molar-refractivity contribution >= 4 is 5.78 Å². The molecule has 1 aliphatic rings. The largest absolute Gasteiger partial charge is 0.339 e. The van der Waals surface area contributed by atoms with Gasteiger partial charge in [0, 0.05) is 5.92 Å². The van der Waals surface area contributed by atoms with E-state index in [1.165, 1.54) is 13.3 Å². The maximum atomic E-state index is 10.9. The molecule has 0 N–H and O–H groups in total. The molecule has 2 unspecified atom stereocenters. The van der Waals surface area contributed by atoms with Crippen LogP contribution in [0.3, 0.4) is 0 Å². The van der Waals surface area contributed by atoms with Gasteiger partial charge in [-0.15, -0.1) is 0 Å². The van der Waals surface area contributed by atoms with E-state index in [0.29, 0.717) is 11.8 Å². The molecule has 1 fully saturated rings. The Bertz CT molecular complexity index is 359. The first-order valence-electron chi connectivity index (χ1n) is 5.47. The second-order valence-corrected chi connectivity index (χ2v) is 4.54. The van der Waals surface area contributed by atoms with E-state index in [9.17, 15) is 4.79 Å². The number of carbonyl (C=O) groups excluding carboxylic acids is 1. The fourth-order valence-corrected chi connectivity index (χ4v) is 2.16. The molecule has 1 aliphatic carbocycles. The van der Waals surface area contributed by atoms with Crippen molar-refractivity contribution in [1.29, 1.82) is 0 Å². The minimum atomic E-state index is 0.0602. The predicted molar refractivity (Wildman–Crippen MR) is 54.4 cm³/mol. The van der Waals surface area contributed by atoms with Gasteiger partial charge in [-0.05, 0) is 32.1 Å². The van der Waals surface area contributed by atoms with Crippen LogP contribution in [-0.2, 0) is 11.2 Å². The molecule has 4 heteroatoms. The van der Waals surface area contributed by atoms with Crippen molar-refractivity contribution in [1.82, 2.24) is 10.1 Å². The number of aromatic nitrogens is 2. The van der Waals surface area contributed by atoms with Gasteiger partial charge in [0.15, 0.2) is 5.82 Å². The molecule has 82 valence electrons. The second kappa shape index (κ2) is 4.13. The molecule has 1 heterocycles. The van der Waals surface area contributed by atoms with Crippen molar-refractivity contribution in [2.75, 3.05) is 0 Å². The zero-order chi connectivity index (χ0) is 10.8. The van der Waals surface area contributed by atoms with E-state index in [-0.39, 0.29) is 12.2 Å². The highest BCUT2D eigenvalue weighted by atomic mass is 16.5. The molecule has 0 aliphatic heterocycles. The average molecular weight is 208 g/mol. The Kier molecular flexibility index (Phi) is 2.84. The number of nitrogens with zero attached hydrogens (tertiary/aromatic N) is 2. The standard InChI is InChI=1S/C11H16N2O2/c1-7-3-4-9(5-7)11-12-10(15-13-11)6-8(2)14/h7,9H,3-6H2,1-2H3. The second-order valence-electron chi connectivity index (χ2n) is 4.54. The van der Waals surface area contributed by atoms with Gasteiger partial charge in [-0.3, -0.25) is 4.79 Å². The molecule has 0 radical (unpaired) electrons. The maximum Gasteiger partial charge on any atom is 0.234 e. The summed E-state index contributed by atoms with van der Waals surface area (Å²) in [6.45, 7) is 3.78. The zero-order valence-corrected chi connectivity index (χ0v) is 9.19. The van der Waals surface area contributed by atoms with E-state index in [0.717, 1.165) is 24.6 Å². The fraction of sp³-hybridized carbons (Fsp3) is 0.727. The van der Waals surface area contributed by atoms with Crippen molar-refractivity contribution in [3.63, 3.8) is 0 Å². The lowest BCUT2D eigenvalue weighted by molar-refractivity contribution is -0.116. The summed E-state index contributed by atoms with van der Waals surface area (Å²) >= 11 is 0. The molecular weight excluding hydrogens is 192 g/mol. The van der Waals surface area contributed by atoms with E-state index >= 15 is 0 Å². The quantitative estimate of drug-likeness (QED) is 0.763. The van der Waals surface area contributed by atoms with Crippen LogP contribution in [0.15, 0.2) is 4.52 Å². The lowest BCUT2D eigenvalue weighted by atomic mass is 10.1. The number of ketones is 1. The summed E-state index contributed by atoms with van der Waals surface area (Å²) in [4.78, 5) is 15.1. The highest BCUT2D eigenvalue weighted by Gasteiger charge is 2.26. The molecular formula is C11H16N2O2.